The largest absolute Gasteiger partial charge is 0.504 e. The molecule has 188 valence electrons. The summed E-state index contributed by atoms with van der Waals surface area (Å²) in [6.07, 6.45) is 4.92. The maximum absolute atomic E-state index is 12.2. The number of nitrogens with one attached hydrogen (secondary N) is 1. The van der Waals surface area contributed by atoms with Gasteiger partial charge in [0.2, 0.25) is 0 Å². The van der Waals surface area contributed by atoms with E-state index in [0.717, 1.165) is 31.2 Å². The van der Waals surface area contributed by atoms with Crippen LogP contribution in [0, 0.1) is 5.92 Å². The molecule has 0 saturated heterocycles. The molecule has 0 aliphatic heterocycles. The highest BCUT2D eigenvalue weighted by molar-refractivity contribution is 5.71. The van der Waals surface area contributed by atoms with Crippen LogP contribution in [0.2, 0.25) is 0 Å². The van der Waals surface area contributed by atoms with Crippen molar-refractivity contribution >= 4 is 11.9 Å². The van der Waals surface area contributed by atoms with Crippen molar-refractivity contribution in [2.24, 2.45) is 5.92 Å². The van der Waals surface area contributed by atoms with Gasteiger partial charge < -0.3 is 29.7 Å². The first-order chi connectivity index (χ1) is 15.8. The fraction of sp³-hybridized carbons (Fsp3) is 0.680. The number of phenolic OH excluding ortho intramolecular Hbond substituents is 1. The fourth-order valence-electron chi connectivity index (χ4n) is 3.95. The molecule has 1 rings (SSSR count). The van der Waals surface area contributed by atoms with E-state index in [4.69, 9.17) is 14.2 Å². The molecule has 3 unspecified atom stereocenters. The topological polar surface area (TPSA) is 114 Å². The number of aliphatic hydroxyl groups is 1. The summed E-state index contributed by atoms with van der Waals surface area (Å²) in [4.78, 5) is 24.1. The van der Waals surface area contributed by atoms with E-state index in [9.17, 15) is 19.8 Å². The van der Waals surface area contributed by atoms with Gasteiger partial charge in [-0.05, 0) is 62.8 Å². The molecule has 0 aromatic heterocycles. The summed E-state index contributed by atoms with van der Waals surface area (Å²) < 4.78 is 16.6. The van der Waals surface area contributed by atoms with E-state index in [-0.39, 0.29) is 36.8 Å². The van der Waals surface area contributed by atoms with Crippen molar-refractivity contribution in [2.45, 2.75) is 77.4 Å². The first kappa shape index (κ1) is 28.7. The number of aliphatic hydroxyl groups excluding tert-OH is 1. The van der Waals surface area contributed by atoms with Crippen molar-refractivity contribution in [3.05, 3.63) is 23.8 Å². The van der Waals surface area contributed by atoms with Crippen LogP contribution in [-0.4, -0.2) is 61.7 Å². The highest BCUT2D eigenvalue weighted by Crippen LogP contribution is 2.29. The average Bonchev–Trinajstić information content (AvgIpc) is 2.77. The lowest BCUT2D eigenvalue weighted by Crippen LogP contribution is -2.34. The molecule has 0 radical (unpaired) electrons. The molecule has 8 nitrogen and oxygen atoms in total. The number of aromatic hydroxyl groups is 1. The van der Waals surface area contributed by atoms with Crippen LogP contribution in [0.4, 0.5) is 0 Å². The van der Waals surface area contributed by atoms with Crippen LogP contribution >= 0.6 is 0 Å². The molecule has 0 heterocycles. The van der Waals surface area contributed by atoms with E-state index in [1.807, 2.05) is 0 Å². The molecule has 33 heavy (non-hydrogen) atoms. The van der Waals surface area contributed by atoms with Gasteiger partial charge in [-0.1, -0.05) is 25.8 Å². The van der Waals surface area contributed by atoms with Crippen LogP contribution in [0.3, 0.4) is 0 Å². The van der Waals surface area contributed by atoms with Crippen molar-refractivity contribution in [3.63, 3.8) is 0 Å². The number of phenols is 1. The van der Waals surface area contributed by atoms with Crippen LogP contribution < -0.4 is 10.1 Å². The van der Waals surface area contributed by atoms with E-state index in [1.165, 1.54) is 14.0 Å². The van der Waals surface area contributed by atoms with E-state index in [2.05, 4.69) is 12.2 Å². The van der Waals surface area contributed by atoms with Crippen LogP contribution in [-0.2, 0) is 25.5 Å². The van der Waals surface area contributed by atoms with Gasteiger partial charge in [0.05, 0.1) is 13.7 Å². The second kappa shape index (κ2) is 16.3. The van der Waals surface area contributed by atoms with Gasteiger partial charge in [-0.15, -0.1) is 0 Å². The third-order valence-corrected chi connectivity index (χ3v) is 5.62. The number of likely N-dealkylation sites (N-methyl/N-ethyl adjacent to an activating group) is 1. The molecule has 0 saturated carbocycles. The number of ether oxygens (including phenoxy) is 3. The Labute approximate surface area is 197 Å². The Hall–Kier alpha value is -2.32. The molecule has 0 bridgehead atoms. The number of hydrogen-bond donors (Lipinski definition) is 3. The Bertz CT molecular complexity index is 702. The first-order valence-electron chi connectivity index (χ1n) is 11.8. The number of esters is 2. The van der Waals surface area contributed by atoms with Gasteiger partial charge in [-0.3, -0.25) is 9.59 Å². The number of rotatable bonds is 17. The van der Waals surface area contributed by atoms with Crippen LogP contribution in [0.25, 0.3) is 0 Å². The zero-order valence-electron chi connectivity index (χ0n) is 20.5. The van der Waals surface area contributed by atoms with E-state index in [1.54, 1.807) is 25.2 Å². The maximum Gasteiger partial charge on any atom is 0.320 e. The van der Waals surface area contributed by atoms with E-state index >= 15 is 0 Å². The molecule has 8 heteroatoms. The van der Waals surface area contributed by atoms with Crippen molar-refractivity contribution in [1.29, 1.82) is 0 Å². The maximum atomic E-state index is 12.2. The normalized spacial score (nSPS) is 13.7. The minimum absolute atomic E-state index is 0.0656. The van der Waals surface area contributed by atoms with E-state index < -0.39 is 12.2 Å². The lowest BCUT2D eigenvalue weighted by atomic mass is 9.87. The van der Waals surface area contributed by atoms with Crippen LogP contribution in [0.5, 0.6) is 11.5 Å². The highest BCUT2D eigenvalue weighted by atomic mass is 16.6. The Balaban J connectivity index is 3.03. The van der Waals surface area contributed by atoms with Gasteiger partial charge in [0.25, 0.3) is 0 Å². The van der Waals surface area contributed by atoms with Crippen molar-refractivity contribution in [2.75, 3.05) is 27.3 Å². The van der Waals surface area contributed by atoms with Gasteiger partial charge >= 0.3 is 11.9 Å². The summed E-state index contributed by atoms with van der Waals surface area (Å²) in [5.74, 6) is -0.198. The third kappa shape index (κ3) is 11.4. The van der Waals surface area contributed by atoms with Crippen molar-refractivity contribution in [3.8, 4) is 11.5 Å². The first-order valence-corrected chi connectivity index (χ1v) is 11.8. The SMILES string of the molecule is CCCCC(CCCO)C(CC(CCc1ccc(O)c(OC)c1)OC(=O)CNC)OC(C)=O. The molecule has 0 spiro atoms. The fourth-order valence-corrected chi connectivity index (χ4v) is 3.95. The second-order valence-electron chi connectivity index (χ2n) is 8.34. The Kier molecular flexibility index (Phi) is 14.2. The summed E-state index contributed by atoms with van der Waals surface area (Å²) in [7, 11) is 3.17. The van der Waals surface area contributed by atoms with Gasteiger partial charge in [0.1, 0.15) is 12.2 Å². The monoisotopic (exact) mass is 467 g/mol. The summed E-state index contributed by atoms with van der Waals surface area (Å²) in [5.41, 5.74) is 0.936. The number of benzene rings is 1. The number of hydrogen-bond acceptors (Lipinski definition) is 8. The van der Waals surface area contributed by atoms with Gasteiger partial charge in [0, 0.05) is 20.0 Å². The molecule has 1 aromatic carbocycles. The molecular weight excluding hydrogens is 426 g/mol. The zero-order chi connectivity index (χ0) is 24.6. The molecule has 0 fully saturated rings. The number of unbranched alkanes of at least 4 members (excludes halogenated alkanes) is 1. The van der Waals surface area contributed by atoms with Gasteiger partial charge in [0.15, 0.2) is 11.5 Å². The van der Waals surface area contributed by atoms with Crippen molar-refractivity contribution in [1.82, 2.24) is 5.32 Å². The molecular formula is C25H41NO7. The molecule has 0 aliphatic carbocycles. The van der Waals surface area contributed by atoms with Gasteiger partial charge in [-0.25, -0.2) is 0 Å². The summed E-state index contributed by atoms with van der Waals surface area (Å²) >= 11 is 0. The number of carbonyl (C=O) groups excluding carboxylic acids is 2. The molecule has 3 atom stereocenters. The molecule has 0 aliphatic rings. The Morgan fingerprint density at radius 2 is 1.85 bits per heavy atom. The summed E-state index contributed by atoms with van der Waals surface area (Å²) in [5, 5.41) is 22.0. The number of aryl methyl sites for hydroxylation is 1. The minimum atomic E-state index is -0.451. The molecule has 3 N–H and O–H groups in total. The predicted octanol–water partition coefficient (Wildman–Crippen LogP) is 3.37. The van der Waals surface area contributed by atoms with Crippen molar-refractivity contribution < 1.29 is 34.0 Å². The smallest absolute Gasteiger partial charge is 0.320 e. The summed E-state index contributed by atoms with van der Waals surface area (Å²) in [6, 6.07) is 5.14. The highest BCUT2D eigenvalue weighted by Gasteiger charge is 2.29. The number of carbonyl (C=O) groups is 2. The standard InChI is InChI=1S/C25H41NO7/c1-5-6-8-20(9-7-14-27)23(32-18(2)28)16-21(33-25(30)17-26-3)12-10-19-11-13-22(29)24(15-19)31-4/h11,13,15,20-21,23,26-27,29H,5-10,12,14,16-17H2,1-4H3. The summed E-state index contributed by atoms with van der Waals surface area (Å²) in [6.45, 7) is 3.67. The zero-order valence-corrected chi connectivity index (χ0v) is 20.5. The van der Waals surface area contributed by atoms with Crippen LogP contribution in [0.15, 0.2) is 18.2 Å². The third-order valence-electron chi connectivity index (χ3n) is 5.62. The number of methoxy groups -OCH3 is 1. The average molecular weight is 468 g/mol. The Morgan fingerprint density at radius 3 is 2.45 bits per heavy atom. The molecule has 0 amide bonds. The Morgan fingerprint density at radius 1 is 1.12 bits per heavy atom. The van der Waals surface area contributed by atoms with E-state index in [0.29, 0.717) is 31.4 Å². The van der Waals surface area contributed by atoms with Crippen LogP contribution in [0.1, 0.15) is 64.4 Å². The predicted molar refractivity (Wildman–Crippen MR) is 126 cm³/mol. The quantitative estimate of drug-likeness (QED) is 0.299. The second-order valence-corrected chi connectivity index (χ2v) is 8.34. The minimum Gasteiger partial charge on any atom is -0.504 e. The van der Waals surface area contributed by atoms with Gasteiger partial charge in [-0.2, -0.15) is 0 Å². The lowest BCUT2D eigenvalue weighted by Gasteiger charge is -2.30. The molecule has 1 aromatic rings. The lowest BCUT2D eigenvalue weighted by molar-refractivity contribution is -0.156.